The fourth-order valence-corrected chi connectivity index (χ4v) is 5.39. The third kappa shape index (κ3) is 2.06. The first-order valence-electron chi connectivity index (χ1n) is 9.37. The third-order valence-electron chi connectivity index (χ3n) is 6.93. The van der Waals surface area contributed by atoms with E-state index in [0.29, 0.717) is 11.8 Å². The highest BCUT2D eigenvalue weighted by Crippen LogP contribution is 2.65. The smallest absolute Gasteiger partial charge is 0.244 e. The summed E-state index contributed by atoms with van der Waals surface area (Å²) in [5.41, 5.74) is 2.81. The lowest BCUT2D eigenvalue weighted by Crippen LogP contribution is -2.40. The molecular formula is C21H22N2O3. The molecule has 2 bridgehead atoms. The molecule has 3 amide bonds. The highest BCUT2D eigenvalue weighted by molar-refractivity contribution is 6.09. The summed E-state index contributed by atoms with van der Waals surface area (Å²) in [7, 11) is 0. The summed E-state index contributed by atoms with van der Waals surface area (Å²) in [5.74, 6) is 0.436. The molecule has 1 aromatic rings. The number of rotatable bonds is 3. The number of amides is 3. The van der Waals surface area contributed by atoms with Crippen molar-refractivity contribution in [2.75, 3.05) is 11.9 Å². The van der Waals surface area contributed by atoms with Gasteiger partial charge in [-0.2, -0.15) is 0 Å². The summed E-state index contributed by atoms with van der Waals surface area (Å²) in [6, 6.07) is 5.71. The van der Waals surface area contributed by atoms with Crippen LogP contribution in [0.3, 0.4) is 0 Å². The van der Waals surface area contributed by atoms with Crippen LogP contribution in [0.25, 0.3) is 0 Å². The number of imide groups is 1. The van der Waals surface area contributed by atoms with Crippen molar-refractivity contribution in [2.45, 2.75) is 20.3 Å². The molecule has 3 fully saturated rings. The van der Waals surface area contributed by atoms with Crippen molar-refractivity contribution in [3.63, 3.8) is 0 Å². The van der Waals surface area contributed by atoms with E-state index in [2.05, 4.69) is 17.5 Å². The Balaban J connectivity index is 1.34. The topological polar surface area (TPSA) is 66.5 Å². The van der Waals surface area contributed by atoms with E-state index in [0.717, 1.165) is 23.2 Å². The van der Waals surface area contributed by atoms with Gasteiger partial charge in [-0.1, -0.05) is 24.3 Å². The van der Waals surface area contributed by atoms with Crippen LogP contribution in [0.15, 0.2) is 30.4 Å². The molecule has 6 atom stereocenters. The van der Waals surface area contributed by atoms with Crippen LogP contribution in [-0.2, 0) is 14.4 Å². The first-order valence-corrected chi connectivity index (χ1v) is 9.37. The van der Waals surface area contributed by atoms with E-state index in [1.54, 1.807) is 0 Å². The molecule has 2 saturated carbocycles. The average Bonchev–Trinajstić information content (AvgIpc) is 3.40. The van der Waals surface area contributed by atoms with E-state index in [-0.39, 0.29) is 47.9 Å². The number of carbonyl (C=O) groups excluding carboxylic acids is 3. The number of hydrogen-bond donors (Lipinski definition) is 1. The van der Waals surface area contributed by atoms with Crippen LogP contribution >= 0.6 is 0 Å². The Labute approximate surface area is 152 Å². The SMILES string of the molecule is Cc1cccc(NC(=O)CN2C(=O)[C@@H]3[C@H]4C=C[C@@H]([C@@H]5C[C@@H]45)[C@@H]3C2=O)c1C. The Hall–Kier alpha value is -2.43. The molecule has 4 aliphatic carbocycles. The lowest BCUT2D eigenvalue weighted by Gasteiger charge is -2.37. The van der Waals surface area contributed by atoms with Crippen LogP contribution in [0.5, 0.6) is 0 Å². The van der Waals surface area contributed by atoms with E-state index in [9.17, 15) is 14.4 Å². The number of likely N-dealkylation sites (tertiary alicyclic amines) is 1. The van der Waals surface area contributed by atoms with Gasteiger partial charge in [-0.05, 0) is 61.1 Å². The summed E-state index contributed by atoms with van der Waals surface area (Å²) in [6.07, 6.45) is 5.43. The van der Waals surface area contributed by atoms with Gasteiger partial charge in [0.15, 0.2) is 0 Å². The molecule has 134 valence electrons. The van der Waals surface area contributed by atoms with Crippen molar-refractivity contribution < 1.29 is 14.4 Å². The van der Waals surface area contributed by atoms with Gasteiger partial charge in [0.25, 0.3) is 0 Å². The fraction of sp³-hybridized carbons (Fsp3) is 0.476. The molecule has 0 spiro atoms. The molecule has 5 nitrogen and oxygen atoms in total. The Morgan fingerprint density at radius 2 is 1.69 bits per heavy atom. The van der Waals surface area contributed by atoms with E-state index >= 15 is 0 Å². The van der Waals surface area contributed by atoms with Gasteiger partial charge in [0, 0.05) is 5.69 Å². The second-order valence-corrected chi connectivity index (χ2v) is 8.21. The molecule has 6 rings (SSSR count). The Morgan fingerprint density at radius 3 is 2.31 bits per heavy atom. The molecule has 0 radical (unpaired) electrons. The predicted molar refractivity (Wildman–Crippen MR) is 96.0 cm³/mol. The zero-order valence-electron chi connectivity index (χ0n) is 14.9. The van der Waals surface area contributed by atoms with E-state index in [1.807, 2.05) is 32.0 Å². The van der Waals surface area contributed by atoms with Crippen molar-refractivity contribution in [1.82, 2.24) is 4.90 Å². The largest absolute Gasteiger partial charge is 0.324 e. The van der Waals surface area contributed by atoms with Crippen molar-refractivity contribution in [1.29, 1.82) is 0 Å². The summed E-state index contributed by atoms with van der Waals surface area (Å²) in [4.78, 5) is 39.5. The molecule has 1 aromatic carbocycles. The zero-order valence-corrected chi connectivity index (χ0v) is 14.9. The minimum Gasteiger partial charge on any atom is -0.324 e. The number of benzene rings is 1. The average molecular weight is 350 g/mol. The summed E-state index contributed by atoms with van der Waals surface area (Å²) in [5, 5.41) is 2.86. The number of anilines is 1. The Morgan fingerprint density at radius 1 is 1.08 bits per heavy atom. The van der Waals surface area contributed by atoms with Gasteiger partial charge in [-0.25, -0.2) is 0 Å². The van der Waals surface area contributed by atoms with Gasteiger partial charge < -0.3 is 5.32 Å². The maximum Gasteiger partial charge on any atom is 0.244 e. The normalized spacial score (nSPS) is 36.2. The van der Waals surface area contributed by atoms with Crippen LogP contribution in [-0.4, -0.2) is 29.2 Å². The van der Waals surface area contributed by atoms with E-state index < -0.39 is 0 Å². The lowest BCUT2D eigenvalue weighted by atomic mass is 9.63. The number of nitrogens with one attached hydrogen (secondary N) is 1. The standard InChI is InChI=1S/C21H22N2O3/c1-10-4-3-5-16(11(10)2)22-17(24)9-23-20(25)18-12-6-7-13(15-8-14(12)15)19(18)21(23)26/h3-7,12-15,18-19H,8-9H2,1-2H3,(H,22,24)/t12-,13-,14-,15-,18-,19+/m0/s1. The van der Waals surface area contributed by atoms with E-state index in [1.165, 1.54) is 4.90 Å². The summed E-state index contributed by atoms with van der Waals surface area (Å²) >= 11 is 0. The van der Waals surface area contributed by atoms with Crippen LogP contribution in [0.1, 0.15) is 17.5 Å². The first kappa shape index (κ1) is 15.8. The van der Waals surface area contributed by atoms with Gasteiger partial charge in [0.05, 0.1) is 11.8 Å². The van der Waals surface area contributed by atoms with Crippen molar-refractivity contribution in [3.05, 3.63) is 41.5 Å². The Kier molecular flexibility index (Phi) is 3.21. The molecule has 1 N–H and O–H groups in total. The van der Waals surface area contributed by atoms with Crippen LogP contribution in [0, 0.1) is 49.4 Å². The summed E-state index contributed by atoms with van der Waals surface area (Å²) < 4.78 is 0. The monoisotopic (exact) mass is 350 g/mol. The van der Waals surface area contributed by atoms with Gasteiger partial charge in [-0.3, -0.25) is 19.3 Å². The number of nitrogens with zero attached hydrogens (tertiary/aromatic N) is 1. The lowest BCUT2D eigenvalue weighted by molar-refractivity contribution is -0.142. The first-order chi connectivity index (χ1) is 12.5. The second kappa shape index (κ2) is 5.29. The van der Waals surface area contributed by atoms with Gasteiger partial charge >= 0.3 is 0 Å². The Bertz CT molecular complexity index is 838. The molecule has 5 aliphatic rings. The number of carbonyl (C=O) groups is 3. The molecule has 0 aromatic heterocycles. The maximum absolute atomic E-state index is 12.9. The molecule has 1 saturated heterocycles. The highest BCUT2D eigenvalue weighted by atomic mass is 16.2. The number of hydrogen-bond acceptors (Lipinski definition) is 3. The van der Waals surface area contributed by atoms with Crippen LogP contribution in [0.4, 0.5) is 5.69 Å². The quantitative estimate of drug-likeness (QED) is 0.672. The van der Waals surface area contributed by atoms with E-state index in [4.69, 9.17) is 0 Å². The molecule has 5 heteroatoms. The molecule has 0 unspecified atom stereocenters. The zero-order chi connectivity index (χ0) is 18.2. The van der Waals surface area contributed by atoms with Crippen molar-refractivity contribution in [2.24, 2.45) is 35.5 Å². The fourth-order valence-electron chi connectivity index (χ4n) is 5.39. The van der Waals surface area contributed by atoms with Gasteiger partial charge in [-0.15, -0.1) is 0 Å². The molecule has 1 heterocycles. The molecule has 26 heavy (non-hydrogen) atoms. The van der Waals surface area contributed by atoms with Crippen molar-refractivity contribution in [3.8, 4) is 0 Å². The minimum absolute atomic E-state index is 0.152. The van der Waals surface area contributed by atoms with Gasteiger partial charge in [0.1, 0.15) is 6.54 Å². The van der Waals surface area contributed by atoms with Crippen LogP contribution < -0.4 is 5.32 Å². The van der Waals surface area contributed by atoms with Gasteiger partial charge in [0.2, 0.25) is 17.7 Å². The minimum atomic E-state index is -0.315. The van der Waals surface area contributed by atoms with Crippen molar-refractivity contribution >= 4 is 23.4 Å². The highest BCUT2D eigenvalue weighted by Gasteiger charge is 2.67. The van der Waals surface area contributed by atoms with Crippen LogP contribution in [0.2, 0.25) is 0 Å². The summed E-state index contributed by atoms with van der Waals surface area (Å²) in [6.45, 7) is 3.74. The number of allylic oxidation sites excluding steroid dienone is 2. The number of aryl methyl sites for hydroxylation is 1. The third-order valence-corrected chi connectivity index (χ3v) is 6.93. The molecular weight excluding hydrogens is 328 g/mol. The molecule has 1 aliphatic heterocycles. The maximum atomic E-state index is 12.9. The predicted octanol–water partition coefficient (Wildman–Crippen LogP) is 2.30. The second-order valence-electron chi connectivity index (χ2n) is 8.21.